The number of rotatable bonds is 5. The van der Waals surface area contributed by atoms with Gasteiger partial charge in [-0.2, -0.15) is 0 Å². The molecule has 0 spiro atoms. The maximum atomic E-state index is 12.2. The molecule has 0 radical (unpaired) electrons. The van der Waals surface area contributed by atoms with Crippen molar-refractivity contribution in [2.45, 2.75) is 38.6 Å². The average Bonchev–Trinajstić information content (AvgIpc) is 3.30. The molecule has 2 heterocycles. The van der Waals surface area contributed by atoms with Crippen LogP contribution in [-0.2, 0) is 4.79 Å². The number of ether oxygens (including phenoxy) is 1. The molecule has 3 aromatic rings. The Morgan fingerprint density at radius 3 is 2.77 bits per heavy atom. The number of aromatic nitrogens is 2. The summed E-state index contributed by atoms with van der Waals surface area (Å²) in [6, 6.07) is 8.62. The molecule has 1 amide bonds. The number of amides is 1. The Kier molecular flexibility index (Phi) is 4.84. The fourth-order valence-corrected chi connectivity index (χ4v) is 4.28. The molecule has 134 valence electrons. The Morgan fingerprint density at radius 1 is 1.23 bits per heavy atom. The van der Waals surface area contributed by atoms with Crippen LogP contribution in [0.2, 0.25) is 0 Å². The smallest absolute Gasteiger partial charge is 0.258 e. The molecule has 4 rings (SSSR count). The van der Waals surface area contributed by atoms with Gasteiger partial charge in [0.05, 0.1) is 5.39 Å². The van der Waals surface area contributed by atoms with E-state index in [1.54, 1.807) is 11.3 Å². The Bertz CT molecular complexity index is 914. The first kappa shape index (κ1) is 17.0. The van der Waals surface area contributed by atoms with E-state index in [0.29, 0.717) is 11.9 Å². The van der Waals surface area contributed by atoms with Crippen molar-refractivity contribution in [3.8, 4) is 17.0 Å². The highest BCUT2D eigenvalue weighted by atomic mass is 32.1. The molecule has 26 heavy (non-hydrogen) atoms. The molecule has 0 atom stereocenters. The molecule has 1 fully saturated rings. The minimum absolute atomic E-state index is 0.0220. The quantitative estimate of drug-likeness (QED) is 0.737. The van der Waals surface area contributed by atoms with Crippen LogP contribution in [0.3, 0.4) is 0 Å². The summed E-state index contributed by atoms with van der Waals surface area (Å²) in [5.41, 5.74) is 3.35. The van der Waals surface area contributed by atoms with E-state index in [1.165, 1.54) is 24.7 Å². The van der Waals surface area contributed by atoms with Crippen molar-refractivity contribution in [2.24, 2.45) is 0 Å². The molecule has 1 aliphatic carbocycles. The largest absolute Gasteiger partial charge is 0.467 e. The summed E-state index contributed by atoms with van der Waals surface area (Å²) in [5, 5.41) is 5.97. The number of fused-ring (bicyclic) bond motifs is 1. The second-order valence-electron chi connectivity index (χ2n) is 6.71. The van der Waals surface area contributed by atoms with Gasteiger partial charge in [-0.25, -0.2) is 9.97 Å². The third-order valence-electron chi connectivity index (χ3n) is 4.76. The maximum absolute atomic E-state index is 12.2. The van der Waals surface area contributed by atoms with Crippen LogP contribution in [0, 0.1) is 6.92 Å². The summed E-state index contributed by atoms with van der Waals surface area (Å²) in [6.45, 7) is 2.04. The van der Waals surface area contributed by atoms with Gasteiger partial charge in [0.1, 0.15) is 11.2 Å². The molecule has 5 nitrogen and oxygen atoms in total. The fourth-order valence-electron chi connectivity index (χ4n) is 3.38. The normalized spacial score (nSPS) is 14.7. The average molecular weight is 367 g/mol. The highest BCUT2D eigenvalue weighted by molar-refractivity contribution is 7.17. The molecule has 1 N–H and O–H groups in total. The summed E-state index contributed by atoms with van der Waals surface area (Å²) in [6.07, 6.45) is 5.99. The van der Waals surface area contributed by atoms with Gasteiger partial charge in [-0.1, -0.05) is 42.7 Å². The van der Waals surface area contributed by atoms with E-state index in [1.807, 2.05) is 0 Å². The number of carbonyl (C=O) groups is 1. The Hall–Kier alpha value is -2.47. The van der Waals surface area contributed by atoms with E-state index in [0.717, 1.165) is 34.2 Å². The van der Waals surface area contributed by atoms with Gasteiger partial charge in [0.2, 0.25) is 5.88 Å². The first-order valence-electron chi connectivity index (χ1n) is 8.92. The predicted molar refractivity (Wildman–Crippen MR) is 103 cm³/mol. The fraction of sp³-hybridized carbons (Fsp3) is 0.350. The molecule has 0 aliphatic heterocycles. The van der Waals surface area contributed by atoms with E-state index in [4.69, 9.17) is 4.74 Å². The van der Waals surface area contributed by atoms with Gasteiger partial charge < -0.3 is 10.1 Å². The Morgan fingerprint density at radius 2 is 2.00 bits per heavy atom. The van der Waals surface area contributed by atoms with Crippen molar-refractivity contribution >= 4 is 27.5 Å². The zero-order valence-electron chi connectivity index (χ0n) is 14.7. The third kappa shape index (κ3) is 3.55. The third-order valence-corrected chi connectivity index (χ3v) is 5.64. The van der Waals surface area contributed by atoms with Gasteiger partial charge in [0.15, 0.2) is 6.61 Å². The first-order chi connectivity index (χ1) is 12.7. The summed E-state index contributed by atoms with van der Waals surface area (Å²) in [7, 11) is 0. The second-order valence-corrected chi connectivity index (χ2v) is 7.57. The van der Waals surface area contributed by atoms with Gasteiger partial charge in [0, 0.05) is 17.0 Å². The highest BCUT2D eigenvalue weighted by Crippen LogP contribution is 2.37. The molecular formula is C20H21N3O2S. The second kappa shape index (κ2) is 7.41. The molecule has 1 saturated carbocycles. The lowest BCUT2D eigenvalue weighted by Gasteiger charge is -2.12. The van der Waals surface area contributed by atoms with Crippen LogP contribution in [-0.4, -0.2) is 28.5 Å². The molecule has 6 heteroatoms. The minimum Gasteiger partial charge on any atom is -0.467 e. The number of carbonyl (C=O) groups excluding carboxylic acids is 1. The number of benzene rings is 1. The van der Waals surface area contributed by atoms with Crippen molar-refractivity contribution in [2.75, 3.05) is 6.61 Å². The van der Waals surface area contributed by atoms with Gasteiger partial charge in [-0.15, -0.1) is 11.3 Å². The number of aryl methyl sites for hydroxylation is 1. The van der Waals surface area contributed by atoms with Crippen molar-refractivity contribution < 1.29 is 9.53 Å². The zero-order chi connectivity index (χ0) is 17.9. The van der Waals surface area contributed by atoms with Gasteiger partial charge >= 0.3 is 0 Å². The zero-order valence-corrected chi connectivity index (χ0v) is 15.5. The van der Waals surface area contributed by atoms with Crippen LogP contribution in [0.15, 0.2) is 36.0 Å². The summed E-state index contributed by atoms with van der Waals surface area (Å²) in [4.78, 5) is 21.6. The van der Waals surface area contributed by atoms with Crippen LogP contribution in [0.5, 0.6) is 5.88 Å². The molecule has 1 aromatic carbocycles. The highest BCUT2D eigenvalue weighted by Gasteiger charge is 2.19. The number of nitrogens with one attached hydrogen (secondary N) is 1. The summed E-state index contributed by atoms with van der Waals surface area (Å²) >= 11 is 1.56. The molecule has 1 aliphatic rings. The predicted octanol–water partition coefficient (Wildman–Crippen LogP) is 4.10. The molecule has 0 saturated heterocycles. The van der Waals surface area contributed by atoms with Crippen LogP contribution < -0.4 is 10.1 Å². The van der Waals surface area contributed by atoms with Gasteiger partial charge in [0.25, 0.3) is 5.91 Å². The van der Waals surface area contributed by atoms with Crippen molar-refractivity contribution in [1.29, 1.82) is 0 Å². The van der Waals surface area contributed by atoms with Crippen LogP contribution >= 0.6 is 11.3 Å². The number of thiophene rings is 1. The number of hydrogen-bond acceptors (Lipinski definition) is 5. The molecule has 0 unspecified atom stereocenters. The van der Waals surface area contributed by atoms with E-state index in [-0.39, 0.29) is 12.5 Å². The number of nitrogens with zero attached hydrogens (tertiary/aromatic N) is 2. The van der Waals surface area contributed by atoms with Crippen molar-refractivity contribution in [3.63, 3.8) is 0 Å². The molecule has 2 aromatic heterocycles. The number of hydrogen-bond donors (Lipinski definition) is 1. The Labute approximate surface area is 156 Å². The van der Waals surface area contributed by atoms with Crippen LogP contribution in [0.1, 0.15) is 31.2 Å². The lowest BCUT2D eigenvalue weighted by Crippen LogP contribution is -2.36. The maximum Gasteiger partial charge on any atom is 0.258 e. The topological polar surface area (TPSA) is 64.1 Å². The van der Waals surface area contributed by atoms with Gasteiger partial charge in [-0.3, -0.25) is 4.79 Å². The minimum atomic E-state index is -0.0872. The first-order valence-corrected chi connectivity index (χ1v) is 9.80. The van der Waals surface area contributed by atoms with Crippen LogP contribution in [0.25, 0.3) is 21.3 Å². The van der Waals surface area contributed by atoms with E-state index < -0.39 is 0 Å². The lowest BCUT2D eigenvalue weighted by molar-refractivity contribution is -0.123. The SMILES string of the molecule is Cc1ccc(-c2csc3ncnc(OCC(=O)NC4CCCC4)c23)cc1. The molecule has 0 bridgehead atoms. The van der Waals surface area contributed by atoms with Crippen molar-refractivity contribution in [3.05, 3.63) is 41.5 Å². The molecular weight excluding hydrogens is 346 g/mol. The van der Waals surface area contributed by atoms with Gasteiger partial charge in [-0.05, 0) is 25.3 Å². The Balaban J connectivity index is 1.56. The van der Waals surface area contributed by atoms with E-state index >= 15 is 0 Å². The summed E-state index contributed by atoms with van der Waals surface area (Å²) < 4.78 is 5.78. The lowest BCUT2D eigenvalue weighted by atomic mass is 10.0. The monoisotopic (exact) mass is 367 g/mol. The summed E-state index contributed by atoms with van der Waals surface area (Å²) in [5.74, 6) is 0.379. The van der Waals surface area contributed by atoms with Crippen LogP contribution in [0.4, 0.5) is 0 Å². The standard InChI is InChI=1S/C20H21N3O2S/c1-13-6-8-14(9-7-13)16-11-26-20-18(16)19(21-12-22-20)25-10-17(24)23-15-4-2-3-5-15/h6-9,11-12,15H,2-5,10H2,1H3,(H,23,24). The van der Waals surface area contributed by atoms with E-state index in [2.05, 4.69) is 51.9 Å². The van der Waals surface area contributed by atoms with E-state index in [9.17, 15) is 4.79 Å². The van der Waals surface area contributed by atoms with Crippen molar-refractivity contribution in [1.82, 2.24) is 15.3 Å².